The third-order valence-electron chi connectivity index (χ3n) is 8.77. The van der Waals surface area contributed by atoms with Gasteiger partial charge in [-0.05, 0) is 68.6 Å². The van der Waals surface area contributed by atoms with Crippen LogP contribution >= 0.6 is 0 Å². The first-order chi connectivity index (χ1) is 23.2. The molecule has 49 heavy (non-hydrogen) atoms. The van der Waals surface area contributed by atoms with E-state index >= 15 is 0 Å². The van der Waals surface area contributed by atoms with E-state index in [0.29, 0.717) is 68.2 Å². The molecule has 2 aliphatic rings. The molecule has 262 valence electrons. The lowest BCUT2D eigenvalue weighted by molar-refractivity contribution is -0.144. The predicted octanol–water partition coefficient (Wildman–Crippen LogP) is 2.20. The predicted molar refractivity (Wildman–Crippen MR) is 174 cm³/mol. The Morgan fingerprint density at radius 3 is 2.18 bits per heavy atom. The van der Waals surface area contributed by atoms with Crippen LogP contribution in [0.3, 0.4) is 0 Å². The number of piperidine rings is 1. The molecular formula is C32H36F3N7O6S. The molecule has 1 atom stereocenters. The molecule has 2 fully saturated rings. The SMILES string of the molecule is CN(C)c1c(CCCC2CCN(c3cc(N4CC[C@H]4C(=O)NCCc4ccc(C#N)cc4)nc(C(F)(F)F)n3)CC2)c(=O)c1=O.O=S(=O)=O. The number of alkyl halides is 3. The van der Waals surface area contributed by atoms with Crippen molar-refractivity contribution >= 4 is 33.8 Å². The van der Waals surface area contributed by atoms with Crippen molar-refractivity contribution in [2.45, 2.75) is 57.2 Å². The van der Waals surface area contributed by atoms with Crippen molar-refractivity contribution in [2.24, 2.45) is 5.92 Å². The molecule has 1 amide bonds. The van der Waals surface area contributed by atoms with Crippen molar-refractivity contribution in [3.8, 4) is 6.07 Å². The normalized spacial score (nSPS) is 16.3. The van der Waals surface area contributed by atoms with Crippen LogP contribution in [0.5, 0.6) is 0 Å². The second kappa shape index (κ2) is 16.0. The van der Waals surface area contributed by atoms with Gasteiger partial charge in [0.2, 0.25) is 22.6 Å². The first kappa shape index (κ1) is 37.0. The van der Waals surface area contributed by atoms with Gasteiger partial charge in [0.1, 0.15) is 17.7 Å². The standard InChI is InChI=1S/C32H36F3N7O3.O3S/c1-40(2)27-23(28(43)29(27)44)5-3-4-20-11-15-41(16-12-20)25-18-26(39-31(38-25)32(33,34)35)42-17-13-24(42)30(45)37-14-10-21-6-8-22(19-36)9-7-21;1-4(2)3/h6-9,18,20,24H,3-5,10-17H2,1-2H3,(H,37,45);/t24-;/m0./s1. The number of amides is 1. The molecule has 0 unspecified atom stereocenters. The molecule has 13 nitrogen and oxygen atoms in total. The summed E-state index contributed by atoms with van der Waals surface area (Å²) in [7, 11) is 0.381. The fourth-order valence-corrected chi connectivity index (χ4v) is 6.14. The zero-order chi connectivity index (χ0) is 35.9. The second-order valence-electron chi connectivity index (χ2n) is 12.2. The molecule has 0 radical (unpaired) electrons. The van der Waals surface area contributed by atoms with Gasteiger partial charge in [-0.3, -0.25) is 14.4 Å². The smallest absolute Gasteiger partial charge is 0.374 e. The van der Waals surface area contributed by atoms with Crippen LogP contribution in [0, 0.1) is 17.2 Å². The van der Waals surface area contributed by atoms with Crippen molar-refractivity contribution in [1.82, 2.24) is 15.3 Å². The zero-order valence-corrected chi connectivity index (χ0v) is 27.8. The highest BCUT2D eigenvalue weighted by Gasteiger charge is 2.40. The molecule has 2 aromatic carbocycles. The van der Waals surface area contributed by atoms with Crippen LogP contribution in [0.25, 0.3) is 0 Å². The largest absolute Gasteiger partial charge is 0.451 e. The van der Waals surface area contributed by atoms with E-state index < -0.39 is 39.5 Å². The minimum absolute atomic E-state index is 0.0811. The average Bonchev–Trinajstić information content (AvgIpc) is 3.03. The van der Waals surface area contributed by atoms with Crippen LogP contribution in [-0.2, 0) is 34.4 Å². The number of nitriles is 1. The maximum absolute atomic E-state index is 13.9. The van der Waals surface area contributed by atoms with E-state index in [1.165, 1.54) is 0 Å². The van der Waals surface area contributed by atoms with E-state index in [1.54, 1.807) is 42.1 Å². The van der Waals surface area contributed by atoms with Crippen molar-refractivity contribution in [3.05, 3.63) is 73.3 Å². The van der Waals surface area contributed by atoms with E-state index in [4.69, 9.17) is 17.9 Å². The Hall–Kier alpha value is -4.85. The molecule has 1 aromatic heterocycles. The van der Waals surface area contributed by atoms with Crippen LogP contribution < -0.4 is 30.9 Å². The van der Waals surface area contributed by atoms with Crippen LogP contribution in [0.4, 0.5) is 30.5 Å². The van der Waals surface area contributed by atoms with Crippen LogP contribution in [-0.4, -0.2) is 74.8 Å². The lowest BCUT2D eigenvalue weighted by Crippen LogP contribution is -2.57. The molecule has 3 heterocycles. The molecule has 3 aromatic rings. The van der Waals surface area contributed by atoms with Crippen LogP contribution in [0.15, 0.2) is 39.9 Å². The Morgan fingerprint density at radius 2 is 1.63 bits per heavy atom. The van der Waals surface area contributed by atoms with Gasteiger partial charge in [0.25, 0.3) is 0 Å². The highest BCUT2D eigenvalue weighted by molar-refractivity contribution is 7.59. The second-order valence-corrected chi connectivity index (χ2v) is 12.6. The molecule has 1 N–H and O–H groups in total. The van der Waals surface area contributed by atoms with Crippen molar-refractivity contribution in [2.75, 3.05) is 55.0 Å². The van der Waals surface area contributed by atoms with E-state index in [-0.39, 0.29) is 17.5 Å². The summed E-state index contributed by atoms with van der Waals surface area (Å²) in [6, 6.07) is 10.0. The van der Waals surface area contributed by atoms with E-state index in [1.807, 2.05) is 17.0 Å². The number of anilines is 3. The van der Waals surface area contributed by atoms with Crippen LogP contribution in [0.1, 0.15) is 54.6 Å². The summed E-state index contributed by atoms with van der Waals surface area (Å²) in [4.78, 5) is 49.5. The third-order valence-corrected chi connectivity index (χ3v) is 8.77. The Bertz CT molecular complexity index is 1860. The van der Waals surface area contributed by atoms with Gasteiger partial charge in [-0.1, -0.05) is 12.1 Å². The van der Waals surface area contributed by atoms with Gasteiger partial charge in [-0.25, -0.2) is 9.97 Å². The maximum atomic E-state index is 13.9. The number of carbonyl (C=O) groups excluding carboxylic acids is 1. The molecule has 0 aliphatic carbocycles. The van der Waals surface area contributed by atoms with Gasteiger partial charge in [0, 0.05) is 51.9 Å². The number of carbonyl (C=O) groups is 1. The monoisotopic (exact) mass is 703 g/mol. The molecular weight excluding hydrogens is 667 g/mol. The minimum atomic E-state index is -4.74. The summed E-state index contributed by atoms with van der Waals surface area (Å²) in [5, 5.41) is 11.8. The van der Waals surface area contributed by atoms with E-state index in [2.05, 4.69) is 21.4 Å². The lowest BCUT2D eigenvalue weighted by atomic mass is 9.89. The molecule has 2 aliphatic heterocycles. The van der Waals surface area contributed by atoms with Gasteiger partial charge >= 0.3 is 16.8 Å². The number of rotatable bonds is 11. The quantitative estimate of drug-likeness (QED) is 0.289. The summed E-state index contributed by atoms with van der Waals surface area (Å²) in [5.74, 6) is -0.874. The van der Waals surface area contributed by atoms with Crippen molar-refractivity contribution in [1.29, 1.82) is 5.26 Å². The molecule has 0 spiro atoms. The van der Waals surface area contributed by atoms with Gasteiger partial charge in [0.05, 0.1) is 17.3 Å². The molecule has 0 bridgehead atoms. The fraction of sp³-hybridized carbons (Fsp3) is 0.500. The highest BCUT2D eigenvalue weighted by Crippen LogP contribution is 2.35. The fourth-order valence-electron chi connectivity index (χ4n) is 6.14. The number of nitrogens with one attached hydrogen (secondary N) is 1. The summed E-state index contributed by atoms with van der Waals surface area (Å²) in [6.07, 6.45) is 0.0124. The maximum Gasteiger partial charge on any atom is 0.451 e. The number of benzene rings is 1. The number of halogens is 3. The van der Waals surface area contributed by atoms with Crippen molar-refractivity contribution in [3.63, 3.8) is 0 Å². The first-order valence-corrected chi connectivity index (χ1v) is 16.7. The summed E-state index contributed by atoms with van der Waals surface area (Å²) < 4.78 is 66.9. The topological polar surface area (TPSA) is 174 Å². The first-order valence-electron chi connectivity index (χ1n) is 15.7. The van der Waals surface area contributed by atoms with Gasteiger partial charge in [-0.15, -0.1) is 12.6 Å². The Kier molecular flexibility index (Phi) is 12.1. The average molecular weight is 704 g/mol. The number of nitrogens with zero attached hydrogens (tertiary/aromatic N) is 6. The Balaban J connectivity index is 0.00000128. The van der Waals surface area contributed by atoms with Crippen molar-refractivity contribution < 1.29 is 30.6 Å². The Morgan fingerprint density at radius 1 is 1.00 bits per heavy atom. The van der Waals surface area contributed by atoms with Gasteiger partial charge in [0.15, 0.2) is 0 Å². The van der Waals surface area contributed by atoms with Crippen LogP contribution in [0.2, 0.25) is 0 Å². The lowest BCUT2D eigenvalue weighted by Gasteiger charge is -2.41. The summed E-state index contributed by atoms with van der Waals surface area (Å²) in [5.41, 5.74) is 1.74. The summed E-state index contributed by atoms with van der Waals surface area (Å²) in [6.45, 7) is 1.82. The molecule has 5 rings (SSSR count). The van der Waals surface area contributed by atoms with Gasteiger partial charge in [-0.2, -0.15) is 18.4 Å². The third kappa shape index (κ3) is 9.40. The van der Waals surface area contributed by atoms with E-state index in [0.717, 1.165) is 31.2 Å². The summed E-state index contributed by atoms with van der Waals surface area (Å²) >= 11 is 0. The Labute approximate surface area is 282 Å². The number of aromatic nitrogens is 2. The molecule has 0 saturated carbocycles. The molecule has 2 saturated heterocycles. The zero-order valence-electron chi connectivity index (χ0n) is 27.0. The minimum Gasteiger partial charge on any atom is -0.374 e. The van der Waals surface area contributed by atoms with E-state index in [9.17, 15) is 27.6 Å². The molecule has 17 heteroatoms. The van der Waals surface area contributed by atoms with Gasteiger partial charge < -0.3 is 20.0 Å². The number of hydrogen-bond acceptors (Lipinski definition) is 12. The number of hydrogen-bond donors (Lipinski definition) is 1. The highest BCUT2D eigenvalue weighted by atomic mass is 32.2.